The van der Waals surface area contributed by atoms with Gasteiger partial charge in [0, 0.05) is 39.3 Å². The van der Waals surface area contributed by atoms with Crippen LogP contribution in [0.4, 0.5) is 0 Å². The number of aliphatic hydroxyl groups is 1. The molecule has 1 N–H and O–H groups in total. The molecule has 0 aromatic heterocycles. The molecule has 0 saturated carbocycles. The summed E-state index contributed by atoms with van der Waals surface area (Å²) < 4.78 is 0. The molecule has 19 heavy (non-hydrogen) atoms. The van der Waals surface area contributed by atoms with Gasteiger partial charge in [0.15, 0.2) is 0 Å². The molecule has 106 valence electrons. The van der Waals surface area contributed by atoms with Gasteiger partial charge < -0.3 is 5.11 Å². The third kappa shape index (κ3) is 4.60. The van der Waals surface area contributed by atoms with Crippen LogP contribution in [0.3, 0.4) is 0 Å². The molecule has 1 aliphatic heterocycles. The van der Waals surface area contributed by atoms with Gasteiger partial charge in [-0.3, -0.25) is 9.80 Å². The van der Waals surface area contributed by atoms with Crippen molar-refractivity contribution in [3.05, 3.63) is 35.4 Å². The van der Waals surface area contributed by atoms with E-state index < -0.39 is 0 Å². The van der Waals surface area contributed by atoms with E-state index in [1.54, 1.807) is 0 Å². The highest BCUT2D eigenvalue weighted by atomic mass is 16.3. The van der Waals surface area contributed by atoms with E-state index >= 15 is 0 Å². The van der Waals surface area contributed by atoms with Crippen molar-refractivity contribution in [1.29, 1.82) is 0 Å². The fourth-order valence-electron chi connectivity index (χ4n) is 2.63. The van der Waals surface area contributed by atoms with Crippen molar-refractivity contribution < 1.29 is 5.11 Å². The Balaban J connectivity index is 1.77. The Morgan fingerprint density at radius 1 is 1.16 bits per heavy atom. The Morgan fingerprint density at radius 3 is 2.47 bits per heavy atom. The molecule has 3 nitrogen and oxygen atoms in total. The van der Waals surface area contributed by atoms with Gasteiger partial charge in [-0.1, -0.05) is 36.8 Å². The summed E-state index contributed by atoms with van der Waals surface area (Å²) in [6, 6.07) is 8.76. The lowest BCUT2D eigenvalue weighted by molar-refractivity contribution is 0.0687. The third-order valence-corrected chi connectivity index (χ3v) is 3.89. The summed E-state index contributed by atoms with van der Waals surface area (Å²) in [7, 11) is 0. The van der Waals surface area contributed by atoms with Crippen LogP contribution in [0, 0.1) is 6.92 Å². The van der Waals surface area contributed by atoms with E-state index in [9.17, 15) is 5.11 Å². The Kier molecular flexibility index (Phi) is 5.37. The van der Waals surface area contributed by atoms with Crippen molar-refractivity contribution in [2.45, 2.75) is 32.9 Å². The lowest BCUT2D eigenvalue weighted by Gasteiger charge is -2.35. The summed E-state index contributed by atoms with van der Waals surface area (Å²) in [6.45, 7) is 10.4. The minimum absolute atomic E-state index is 0.164. The van der Waals surface area contributed by atoms with Crippen molar-refractivity contribution >= 4 is 0 Å². The monoisotopic (exact) mass is 262 g/mol. The average molecular weight is 262 g/mol. The zero-order valence-corrected chi connectivity index (χ0v) is 12.2. The maximum atomic E-state index is 9.69. The number of aryl methyl sites for hydroxylation is 1. The van der Waals surface area contributed by atoms with Gasteiger partial charge in [0.1, 0.15) is 0 Å². The summed E-state index contributed by atoms with van der Waals surface area (Å²) in [4.78, 5) is 4.88. The fraction of sp³-hybridized carbons (Fsp3) is 0.625. The zero-order chi connectivity index (χ0) is 13.7. The minimum atomic E-state index is -0.164. The number of hydrogen-bond donors (Lipinski definition) is 1. The predicted octanol–water partition coefficient (Wildman–Crippen LogP) is 1.88. The second-order valence-corrected chi connectivity index (χ2v) is 5.63. The Labute approximate surface area is 116 Å². The standard InChI is InChI=1S/C16H26N2O/c1-3-16(19)13-18-9-7-17(8-10-18)12-15-6-4-5-14(2)11-15/h4-6,11,16,19H,3,7-10,12-13H2,1-2H3. The molecular formula is C16H26N2O. The van der Waals surface area contributed by atoms with Crippen molar-refractivity contribution in [3.63, 3.8) is 0 Å². The topological polar surface area (TPSA) is 26.7 Å². The molecule has 1 heterocycles. The lowest BCUT2D eigenvalue weighted by atomic mass is 10.1. The molecule has 0 aliphatic carbocycles. The molecule has 1 aromatic carbocycles. The number of aliphatic hydroxyl groups excluding tert-OH is 1. The van der Waals surface area contributed by atoms with Crippen molar-refractivity contribution in [1.82, 2.24) is 9.80 Å². The second-order valence-electron chi connectivity index (χ2n) is 5.63. The largest absolute Gasteiger partial charge is 0.392 e. The van der Waals surface area contributed by atoms with Crippen LogP contribution in [0.5, 0.6) is 0 Å². The molecule has 1 unspecified atom stereocenters. The molecular weight excluding hydrogens is 236 g/mol. The van der Waals surface area contributed by atoms with E-state index in [4.69, 9.17) is 0 Å². The van der Waals surface area contributed by atoms with E-state index in [0.29, 0.717) is 0 Å². The normalized spacial score (nSPS) is 19.5. The summed E-state index contributed by atoms with van der Waals surface area (Å²) in [5, 5.41) is 9.69. The molecule has 0 radical (unpaired) electrons. The van der Waals surface area contributed by atoms with E-state index in [-0.39, 0.29) is 6.10 Å². The molecule has 1 aliphatic rings. The average Bonchev–Trinajstić information content (AvgIpc) is 2.41. The van der Waals surface area contributed by atoms with Gasteiger partial charge in [0.25, 0.3) is 0 Å². The van der Waals surface area contributed by atoms with E-state index in [2.05, 4.69) is 41.0 Å². The molecule has 2 rings (SSSR count). The smallest absolute Gasteiger partial charge is 0.0664 e. The molecule has 0 bridgehead atoms. The number of β-amino-alcohol motifs (C(OH)–C–C–N with tert-alkyl or cyclic N) is 1. The Bertz CT molecular complexity index is 386. The summed E-state index contributed by atoms with van der Waals surface area (Å²) in [5.74, 6) is 0. The van der Waals surface area contributed by atoms with Gasteiger partial charge in [-0.2, -0.15) is 0 Å². The van der Waals surface area contributed by atoms with Crippen molar-refractivity contribution in [3.8, 4) is 0 Å². The molecule has 1 fully saturated rings. The maximum Gasteiger partial charge on any atom is 0.0664 e. The first-order valence-corrected chi connectivity index (χ1v) is 7.35. The fourth-order valence-corrected chi connectivity index (χ4v) is 2.63. The lowest BCUT2D eigenvalue weighted by Crippen LogP contribution is -2.48. The highest BCUT2D eigenvalue weighted by Gasteiger charge is 2.18. The molecule has 1 atom stereocenters. The first-order valence-electron chi connectivity index (χ1n) is 7.35. The third-order valence-electron chi connectivity index (χ3n) is 3.89. The molecule has 1 aromatic rings. The molecule has 3 heteroatoms. The minimum Gasteiger partial charge on any atom is -0.392 e. The highest BCUT2D eigenvalue weighted by molar-refractivity contribution is 5.22. The van der Waals surface area contributed by atoms with Gasteiger partial charge >= 0.3 is 0 Å². The Hall–Kier alpha value is -0.900. The zero-order valence-electron chi connectivity index (χ0n) is 12.2. The van der Waals surface area contributed by atoms with Crippen molar-refractivity contribution in [2.24, 2.45) is 0 Å². The number of hydrogen-bond acceptors (Lipinski definition) is 3. The van der Waals surface area contributed by atoms with Crippen LogP contribution < -0.4 is 0 Å². The van der Waals surface area contributed by atoms with Crippen LogP contribution in [0.1, 0.15) is 24.5 Å². The van der Waals surface area contributed by atoms with Crippen LogP contribution in [0.15, 0.2) is 24.3 Å². The van der Waals surface area contributed by atoms with Gasteiger partial charge in [-0.25, -0.2) is 0 Å². The first kappa shape index (κ1) is 14.5. The van der Waals surface area contributed by atoms with E-state index in [0.717, 1.165) is 45.7 Å². The number of benzene rings is 1. The van der Waals surface area contributed by atoms with E-state index in [1.165, 1.54) is 11.1 Å². The summed E-state index contributed by atoms with van der Waals surface area (Å²) >= 11 is 0. The highest BCUT2D eigenvalue weighted by Crippen LogP contribution is 2.10. The molecule has 1 saturated heterocycles. The van der Waals surface area contributed by atoms with Crippen LogP contribution in [0.2, 0.25) is 0 Å². The number of piperazine rings is 1. The number of rotatable bonds is 5. The summed E-state index contributed by atoms with van der Waals surface area (Å²) in [5.41, 5.74) is 2.74. The first-order chi connectivity index (χ1) is 9.17. The van der Waals surface area contributed by atoms with Crippen LogP contribution >= 0.6 is 0 Å². The Morgan fingerprint density at radius 2 is 1.84 bits per heavy atom. The van der Waals surface area contributed by atoms with Crippen molar-refractivity contribution in [2.75, 3.05) is 32.7 Å². The quantitative estimate of drug-likeness (QED) is 0.878. The molecule has 0 spiro atoms. The number of nitrogens with zero attached hydrogens (tertiary/aromatic N) is 2. The maximum absolute atomic E-state index is 9.69. The SMILES string of the molecule is CCC(O)CN1CCN(Cc2cccc(C)c2)CC1. The van der Waals surface area contributed by atoms with E-state index in [1.807, 2.05) is 6.92 Å². The van der Waals surface area contributed by atoms with Gasteiger partial charge in [-0.15, -0.1) is 0 Å². The van der Waals surface area contributed by atoms with Crippen LogP contribution in [-0.2, 0) is 6.54 Å². The predicted molar refractivity (Wildman–Crippen MR) is 79.2 cm³/mol. The van der Waals surface area contributed by atoms with Crippen LogP contribution in [0.25, 0.3) is 0 Å². The van der Waals surface area contributed by atoms with Gasteiger partial charge in [0.2, 0.25) is 0 Å². The van der Waals surface area contributed by atoms with Gasteiger partial charge in [-0.05, 0) is 18.9 Å². The van der Waals surface area contributed by atoms with Gasteiger partial charge in [0.05, 0.1) is 6.10 Å². The summed E-state index contributed by atoms with van der Waals surface area (Å²) in [6.07, 6.45) is 0.687. The second kappa shape index (κ2) is 7.04. The van der Waals surface area contributed by atoms with Crippen LogP contribution in [-0.4, -0.2) is 53.7 Å². The molecule has 0 amide bonds.